The van der Waals surface area contributed by atoms with Crippen LogP contribution in [0.25, 0.3) is 0 Å². The molecule has 0 spiro atoms. The van der Waals surface area contributed by atoms with E-state index in [9.17, 15) is 4.79 Å². The van der Waals surface area contributed by atoms with Gasteiger partial charge in [-0.3, -0.25) is 9.79 Å². The average Bonchev–Trinajstić information content (AvgIpc) is 3.11. The number of halogens is 1. The molecule has 0 atom stereocenters. The molecule has 0 aliphatic heterocycles. The first kappa shape index (κ1) is 22.7. The van der Waals surface area contributed by atoms with Crippen molar-refractivity contribution in [3.8, 4) is 0 Å². The molecule has 1 fully saturated rings. The van der Waals surface area contributed by atoms with Crippen LogP contribution in [-0.4, -0.2) is 51.0 Å². The smallest absolute Gasteiger partial charge is 0.230 e. The third kappa shape index (κ3) is 6.45. The molecule has 1 aromatic carbocycles. The highest BCUT2D eigenvalue weighted by atomic mass is 127. The van der Waals surface area contributed by atoms with Crippen LogP contribution in [0.2, 0.25) is 0 Å². The molecule has 0 radical (unpaired) electrons. The molecule has 26 heavy (non-hydrogen) atoms. The minimum Gasteiger partial charge on any atom is -0.356 e. The maximum atomic E-state index is 12.6. The van der Waals surface area contributed by atoms with E-state index in [0.717, 1.165) is 51.0 Å². The van der Waals surface area contributed by atoms with E-state index < -0.39 is 0 Å². The van der Waals surface area contributed by atoms with Crippen LogP contribution in [0, 0.1) is 5.41 Å². The van der Waals surface area contributed by atoms with Gasteiger partial charge in [-0.05, 0) is 31.2 Å². The fourth-order valence-electron chi connectivity index (χ4n) is 3.61. The molecule has 1 amide bonds. The first-order chi connectivity index (χ1) is 12.1. The molecule has 0 aromatic heterocycles. The Morgan fingerprint density at radius 3 is 2.38 bits per heavy atom. The van der Waals surface area contributed by atoms with Gasteiger partial charge in [-0.2, -0.15) is 0 Å². The Kier molecular flexibility index (Phi) is 9.98. The van der Waals surface area contributed by atoms with E-state index in [4.69, 9.17) is 0 Å². The van der Waals surface area contributed by atoms with Crippen LogP contribution in [-0.2, 0) is 11.2 Å². The summed E-state index contributed by atoms with van der Waals surface area (Å²) in [6, 6.07) is 10.5. The van der Waals surface area contributed by atoms with E-state index in [1.807, 2.05) is 20.2 Å². The molecule has 2 rings (SSSR count). The first-order valence-electron chi connectivity index (χ1n) is 9.27. The molecule has 0 saturated heterocycles. The molecule has 2 N–H and O–H groups in total. The number of benzene rings is 1. The molecule has 6 heteroatoms. The van der Waals surface area contributed by atoms with Gasteiger partial charge in [0.25, 0.3) is 0 Å². The maximum Gasteiger partial charge on any atom is 0.230 e. The SMILES string of the molecule is CN=C(NCCCc1ccccc1)NCC1(C(=O)N(C)C)CCCC1.I. The summed E-state index contributed by atoms with van der Waals surface area (Å²) in [7, 11) is 5.47. The largest absolute Gasteiger partial charge is 0.356 e. The minimum atomic E-state index is -0.273. The zero-order chi connectivity index (χ0) is 18.1. The summed E-state index contributed by atoms with van der Waals surface area (Å²) in [5.74, 6) is 1.02. The summed E-state index contributed by atoms with van der Waals surface area (Å²) in [6.07, 6.45) is 6.28. The van der Waals surface area contributed by atoms with E-state index in [-0.39, 0.29) is 35.3 Å². The van der Waals surface area contributed by atoms with Crippen molar-refractivity contribution in [2.75, 3.05) is 34.2 Å². The summed E-state index contributed by atoms with van der Waals surface area (Å²) in [4.78, 5) is 18.6. The molecule has 1 aliphatic rings. The Labute approximate surface area is 175 Å². The van der Waals surface area contributed by atoms with Crippen LogP contribution >= 0.6 is 24.0 Å². The fourth-order valence-corrected chi connectivity index (χ4v) is 3.61. The van der Waals surface area contributed by atoms with Gasteiger partial charge in [-0.25, -0.2) is 0 Å². The summed E-state index contributed by atoms with van der Waals surface area (Å²) >= 11 is 0. The summed E-state index contributed by atoms with van der Waals surface area (Å²) < 4.78 is 0. The van der Waals surface area contributed by atoms with Gasteiger partial charge in [0, 0.05) is 34.2 Å². The number of hydrogen-bond acceptors (Lipinski definition) is 2. The van der Waals surface area contributed by atoms with Crippen LogP contribution in [0.4, 0.5) is 0 Å². The normalized spacial score (nSPS) is 15.9. The van der Waals surface area contributed by atoms with Crippen LogP contribution in [0.5, 0.6) is 0 Å². The second-order valence-corrected chi connectivity index (χ2v) is 7.13. The van der Waals surface area contributed by atoms with Gasteiger partial charge in [-0.15, -0.1) is 24.0 Å². The monoisotopic (exact) mass is 472 g/mol. The van der Waals surface area contributed by atoms with E-state index in [2.05, 4.69) is 39.9 Å². The number of amides is 1. The predicted molar refractivity (Wildman–Crippen MR) is 119 cm³/mol. The molecule has 5 nitrogen and oxygen atoms in total. The van der Waals surface area contributed by atoms with Gasteiger partial charge in [0.15, 0.2) is 5.96 Å². The van der Waals surface area contributed by atoms with Gasteiger partial charge in [-0.1, -0.05) is 43.2 Å². The summed E-state index contributed by atoms with van der Waals surface area (Å²) in [5.41, 5.74) is 1.08. The van der Waals surface area contributed by atoms with Crippen molar-refractivity contribution < 1.29 is 4.79 Å². The van der Waals surface area contributed by atoms with Crippen molar-refractivity contribution in [1.82, 2.24) is 15.5 Å². The standard InChI is InChI=1S/C20H32N4O.HI/c1-21-19(22-15-9-12-17-10-5-4-6-11-17)23-16-20(13-7-8-14-20)18(25)24(2)3;/h4-6,10-11H,7-9,12-16H2,1-3H3,(H2,21,22,23);1H. The van der Waals surface area contributed by atoms with E-state index in [1.54, 1.807) is 11.9 Å². The van der Waals surface area contributed by atoms with Crippen molar-refractivity contribution in [2.24, 2.45) is 10.4 Å². The first-order valence-corrected chi connectivity index (χ1v) is 9.27. The molecule has 0 bridgehead atoms. The quantitative estimate of drug-likeness (QED) is 0.278. The van der Waals surface area contributed by atoms with Crippen molar-refractivity contribution in [3.63, 3.8) is 0 Å². The topological polar surface area (TPSA) is 56.7 Å². The van der Waals surface area contributed by atoms with Crippen LogP contribution < -0.4 is 10.6 Å². The number of nitrogens with zero attached hydrogens (tertiary/aromatic N) is 2. The summed E-state index contributed by atoms with van der Waals surface area (Å²) in [6.45, 7) is 1.52. The van der Waals surface area contributed by atoms with Gasteiger partial charge < -0.3 is 15.5 Å². The van der Waals surface area contributed by atoms with E-state index in [0.29, 0.717) is 6.54 Å². The molecular weight excluding hydrogens is 439 g/mol. The lowest BCUT2D eigenvalue weighted by molar-refractivity contribution is -0.138. The van der Waals surface area contributed by atoms with Gasteiger partial charge in [0.2, 0.25) is 5.91 Å². The maximum absolute atomic E-state index is 12.6. The lowest BCUT2D eigenvalue weighted by Gasteiger charge is -2.31. The Morgan fingerprint density at radius 2 is 1.81 bits per heavy atom. The molecule has 0 unspecified atom stereocenters. The Morgan fingerprint density at radius 1 is 1.15 bits per heavy atom. The number of rotatable bonds is 7. The number of hydrogen-bond donors (Lipinski definition) is 2. The van der Waals surface area contributed by atoms with Crippen LogP contribution in [0.3, 0.4) is 0 Å². The van der Waals surface area contributed by atoms with Crippen LogP contribution in [0.1, 0.15) is 37.7 Å². The zero-order valence-electron chi connectivity index (χ0n) is 16.3. The fraction of sp³-hybridized carbons (Fsp3) is 0.600. The number of nitrogens with one attached hydrogen (secondary N) is 2. The van der Waals surface area contributed by atoms with Gasteiger partial charge in [0.1, 0.15) is 0 Å². The molecule has 1 aliphatic carbocycles. The average molecular weight is 472 g/mol. The molecule has 0 heterocycles. The van der Waals surface area contributed by atoms with E-state index >= 15 is 0 Å². The van der Waals surface area contributed by atoms with Crippen molar-refractivity contribution in [2.45, 2.75) is 38.5 Å². The lowest BCUT2D eigenvalue weighted by Crippen LogP contribution is -2.49. The number of guanidine groups is 1. The Bertz CT molecular complexity index is 568. The third-order valence-corrected chi connectivity index (χ3v) is 5.02. The van der Waals surface area contributed by atoms with Gasteiger partial charge >= 0.3 is 0 Å². The highest BCUT2D eigenvalue weighted by Crippen LogP contribution is 2.38. The molecular formula is C20H33IN4O. The zero-order valence-corrected chi connectivity index (χ0v) is 18.6. The number of carbonyl (C=O) groups is 1. The molecule has 146 valence electrons. The number of aliphatic imine (C=N–C) groups is 1. The lowest BCUT2D eigenvalue weighted by atomic mass is 9.84. The molecule has 1 aromatic rings. The Hall–Kier alpha value is -1.31. The third-order valence-electron chi connectivity index (χ3n) is 5.02. The highest BCUT2D eigenvalue weighted by molar-refractivity contribution is 14.0. The highest BCUT2D eigenvalue weighted by Gasteiger charge is 2.42. The second-order valence-electron chi connectivity index (χ2n) is 7.13. The van der Waals surface area contributed by atoms with Gasteiger partial charge in [0.05, 0.1) is 5.41 Å². The van der Waals surface area contributed by atoms with Crippen molar-refractivity contribution in [1.29, 1.82) is 0 Å². The predicted octanol–water partition coefficient (Wildman–Crippen LogP) is 3.05. The van der Waals surface area contributed by atoms with E-state index in [1.165, 1.54) is 5.56 Å². The number of carbonyl (C=O) groups excluding carboxylic acids is 1. The van der Waals surface area contributed by atoms with Crippen LogP contribution in [0.15, 0.2) is 35.3 Å². The van der Waals surface area contributed by atoms with Crippen molar-refractivity contribution >= 4 is 35.8 Å². The minimum absolute atomic E-state index is 0. The second kappa shape index (κ2) is 11.4. The Balaban J connectivity index is 0.00000338. The number of aryl methyl sites for hydroxylation is 1. The van der Waals surface area contributed by atoms with Crippen molar-refractivity contribution in [3.05, 3.63) is 35.9 Å². The molecule has 1 saturated carbocycles. The summed E-state index contributed by atoms with van der Waals surface area (Å²) in [5, 5.41) is 6.74.